The van der Waals surface area contributed by atoms with E-state index < -0.39 is 5.97 Å². The van der Waals surface area contributed by atoms with Crippen molar-refractivity contribution in [3.8, 4) is 0 Å². The van der Waals surface area contributed by atoms with Gasteiger partial charge in [0.25, 0.3) is 0 Å². The van der Waals surface area contributed by atoms with Crippen molar-refractivity contribution >= 4 is 11.8 Å². The van der Waals surface area contributed by atoms with Gasteiger partial charge in [-0.15, -0.1) is 0 Å². The van der Waals surface area contributed by atoms with Crippen molar-refractivity contribution < 1.29 is 46.0 Å². The van der Waals surface area contributed by atoms with Crippen LogP contribution in [0.15, 0.2) is 42.2 Å². The average molecular weight is 313 g/mol. The van der Waals surface area contributed by atoms with Gasteiger partial charge in [-0.3, -0.25) is 4.79 Å². The number of hydrogen-bond donors (Lipinski definition) is 2. The summed E-state index contributed by atoms with van der Waals surface area (Å²) in [7, 11) is 0. The van der Waals surface area contributed by atoms with Crippen LogP contribution in [0.25, 0.3) is 0 Å². The number of aliphatic hydroxyl groups excluding tert-OH is 1. The van der Waals surface area contributed by atoms with Gasteiger partial charge in [0.15, 0.2) is 5.78 Å². The third-order valence-corrected chi connectivity index (χ3v) is 1.43. The van der Waals surface area contributed by atoms with E-state index in [9.17, 15) is 9.59 Å². The predicted octanol–water partition coefficient (Wildman–Crippen LogP) is 2.42. The van der Waals surface area contributed by atoms with E-state index in [1.807, 2.05) is 0 Å². The van der Waals surface area contributed by atoms with Crippen molar-refractivity contribution in [2.75, 3.05) is 0 Å². The average Bonchev–Trinajstić information content (AvgIpc) is 2.17. The number of aliphatic hydroxyl groups is 1. The Hall–Kier alpha value is -1.22. The van der Waals surface area contributed by atoms with Crippen LogP contribution in [0.1, 0.15) is 24.2 Å². The quantitative estimate of drug-likeness (QED) is 0.649. The molecule has 0 aliphatic rings. The number of carboxylic acid groups (broad SMARTS) is 1. The van der Waals surface area contributed by atoms with Crippen LogP contribution in [0.3, 0.4) is 0 Å². The Morgan fingerprint density at radius 1 is 1.06 bits per heavy atom. The van der Waals surface area contributed by atoms with Gasteiger partial charge in [-0.05, 0) is 26.0 Å². The van der Waals surface area contributed by atoms with E-state index in [4.69, 9.17) is 10.2 Å². The fraction of sp³-hybridized carbons (Fsp3) is 0.167. The van der Waals surface area contributed by atoms with E-state index in [1.165, 1.54) is 19.9 Å². The van der Waals surface area contributed by atoms with Crippen LogP contribution in [0, 0.1) is 0 Å². The summed E-state index contributed by atoms with van der Waals surface area (Å²) in [5.74, 6) is -0.942. The molecule has 1 aromatic carbocycles. The Kier molecular flexibility index (Phi) is 10.6. The number of aromatic carboxylic acids is 1. The molecule has 0 unspecified atom stereocenters. The number of carbonyl (C=O) groups is 2. The molecule has 0 aliphatic heterocycles. The zero-order chi connectivity index (χ0) is 12.6. The van der Waals surface area contributed by atoms with E-state index >= 15 is 0 Å². The summed E-state index contributed by atoms with van der Waals surface area (Å²) >= 11 is 0. The summed E-state index contributed by atoms with van der Waals surface area (Å²) < 4.78 is 0. The van der Waals surface area contributed by atoms with Crippen molar-refractivity contribution in [1.82, 2.24) is 0 Å². The summed E-state index contributed by atoms with van der Waals surface area (Å²) in [6.07, 6.45) is 1.17. The molecule has 90 valence electrons. The van der Waals surface area contributed by atoms with Crippen LogP contribution in [0.4, 0.5) is 0 Å². The second kappa shape index (κ2) is 9.97. The van der Waals surface area contributed by atoms with Gasteiger partial charge in [0.05, 0.1) is 11.3 Å². The molecule has 0 spiro atoms. The number of hydrogen-bond acceptors (Lipinski definition) is 3. The minimum atomic E-state index is -0.879. The zero-order valence-corrected chi connectivity index (χ0v) is 12.1. The number of benzene rings is 1. The fourth-order valence-electron chi connectivity index (χ4n) is 0.875. The summed E-state index contributed by atoms with van der Waals surface area (Å²) in [6, 6.07) is 8.30. The second-order valence-corrected chi connectivity index (χ2v) is 3.07. The van der Waals surface area contributed by atoms with E-state index in [1.54, 1.807) is 30.3 Å². The number of carbonyl (C=O) groups excluding carboxylic acids is 1. The van der Waals surface area contributed by atoms with Crippen molar-refractivity contribution in [3.05, 3.63) is 47.7 Å². The van der Waals surface area contributed by atoms with Gasteiger partial charge >= 0.3 is 5.97 Å². The molecule has 1 aromatic rings. The molecule has 1 rings (SSSR count). The van der Waals surface area contributed by atoms with Crippen LogP contribution in [0.5, 0.6) is 0 Å². The van der Waals surface area contributed by atoms with E-state index in [0.717, 1.165) is 0 Å². The van der Waals surface area contributed by atoms with Gasteiger partial charge in [-0.2, -0.15) is 0 Å². The van der Waals surface area contributed by atoms with Crippen molar-refractivity contribution in [2.24, 2.45) is 0 Å². The summed E-state index contributed by atoms with van der Waals surface area (Å²) in [5, 5.41) is 16.7. The molecule has 0 saturated heterocycles. The molecular formula is C12H14O4Zr. The molecule has 0 radical (unpaired) electrons. The van der Waals surface area contributed by atoms with Crippen LogP contribution < -0.4 is 0 Å². The molecule has 2 N–H and O–H groups in total. The Labute approximate surface area is 119 Å². The number of ketones is 1. The largest absolute Gasteiger partial charge is 0.512 e. The normalized spacial score (nSPS) is 9.41. The molecule has 0 aliphatic carbocycles. The number of allylic oxidation sites excluding steroid dienone is 2. The monoisotopic (exact) mass is 312 g/mol. The first kappa shape index (κ1) is 18.2. The first-order valence-corrected chi connectivity index (χ1v) is 4.59. The third-order valence-electron chi connectivity index (χ3n) is 1.43. The van der Waals surface area contributed by atoms with Crippen molar-refractivity contribution in [1.29, 1.82) is 0 Å². The molecule has 0 heterocycles. The van der Waals surface area contributed by atoms with Crippen LogP contribution in [-0.4, -0.2) is 22.0 Å². The van der Waals surface area contributed by atoms with Gasteiger partial charge in [0.2, 0.25) is 0 Å². The molecular weight excluding hydrogens is 299 g/mol. The molecule has 0 aromatic heterocycles. The fourth-order valence-corrected chi connectivity index (χ4v) is 0.875. The van der Waals surface area contributed by atoms with Gasteiger partial charge in [-0.1, -0.05) is 18.2 Å². The SMILES string of the molecule is CC(=O)/C=C(/C)O.O=C(O)c1ccccc1.[Zr]. The molecule has 4 nitrogen and oxygen atoms in total. The Bertz CT molecular complexity index is 381. The Morgan fingerprint density at radius 2 is 1.53 bits per heavy atom. The second-order valence-electron chi connectivity index (χ2n) is 3.07. The number of carboxylic acids is 1. The van der Waals surface area contributed by atoms with E-state index in [0.29, 0.717) is 5.56 Å². The van der Waals surface area contributed by atoms with Crippen LogP contribution in [-0.2, 0) is 31.0 Å². The summed E-state index contributed by atoms with van der Waals surface area (Å²) in [5.41, 5.74) is 0.331. The minimum absolute atomic E-state index is 0. The van der Waals surface area contributed by atoms with Crippen molar-refractivity contribution in [3.63, 3.8) is 0 Å². The first-order chi connectivity index (χ1) is 7.43. The molecule has 0 fully saturated rings. The van der Waals surface area contributed by atoms with Gasteiger partial charge in [0.1, 0.15) is 0 Å². The maximum Gasteiger partial charge on any atom is 0.335 e. The predicted molar refractivity (Wildman–Crippen MR) is 60.5 cm³/mol. The molecule has 0 bridgehead atoms. The van der Waals surface area contributed by atoms with Crippen molar-refractivity contribution in [2.45, 2.75) is 13.8 Å². The Balaban J connectivity index is 0. The Morgan fingerprint density at radius 3 is 1.71 bits per heavy atom. The summed E-state index contributed by atoms with van der Waals surface area (Å²) in [6.45, 7) is 2.85. The molecule has 17 heavy (non-hydrogen) atoms. The summed E-state index contributed by atoms with van der Waals surface area (Å²) in [4.78, 5) is 20.2. The number of rotatable bonds is 2. The zero-order valence-electron chi connectivity index (χ0n) is 9.68. The van der Waals surface area contributed by atoms with Gasteiger partial charge < -0.3 is 10.2 Å². The topological polar surface area (TPSA) is 74.6 Å². The maximum absolute atomic E-state index is 10.2. The molecule has 5 heteroatoms. The molecule has 0 atom stereocenters. The molecule has 0 amide bonds. The van der Waals surface area contributed by atoms with E-state index in [-0.39, 0.29) is 37.7 Å². The van der Waals surface area contributed by atoms with Gasteiger partial charge in [0, 0.05) is 32.3 Å². The van der Waals surface area contributed by atoms with Gasteiger partial charge in [-0.25, -0.2) is 4.79 Å². The smallest absolute Gasteiger partial charge is 0.335 e. The van der Waals surface area contributed by atoms with Crippen LogP contribution >= 0.6 is 0 Å². The van der Waals surface area contributed by atoms with Crippen LogP contribution in [0.2, 0.25) is 0 Å². The standard InChI is InChI=1S/C7H6O2.C5H8O2.Zr/c8-7(9)6-4-2-1-3-5-6;1-4(6)3-5(2)7;/h1-5H,(H,8,9);3,6H,1-2H3;/b;4-3-;. The minimum Gasteiger partial charge on any atom is -0.512 e. The molecule has 0 saturated carbocycles. The van der Waals surface area contributed by atoms with E-state index in [2.05, 4.69) is 0 Å². The maximum atomic E-state index is 10.2. The third kappa shape index (κ3) is 11.1. The first-order valence-electron chi connectivity index (χ1n) is 4.59.